The quantitative estimate of drug-likeness (QED) is 0.634. The topological polar surface area (TPSA) is 72.9 Å². The van der Waals surface area contributed by atoms with Crippen LogP contribution in [0.25, 0.3) is 0 Å². The summed E-state index contributed by atoms with van der Waals surface area (Å²) in [5.41, 5.74) is 0.160. The second-order valence-corrected chi connectivity index (χ2v) is 8.94. The van der Waals surface area contributed by atoms with Gasteiger partial charge in [0.05, 0.1) is 6.04 Å². The van der Waals surface area contributed by atoms with Crippen LogP contribution < -0.4 is 0 Å². The molecular weight excluding hydrogens is 370 g/mol. The second-order valence-electron chi connectivity index (χ2n) is 8.53. The first-order valence-electron chi connectivity index (χ1n) is 8.85. The molecule has 0 saturated heterocycles. The average Bonchev–Trinajstić information content (AvgIpc) is 2.90. The second kappa shape index (κ2) is 7.50. The maximum atomic E-state index is 12.8. The molecule has 2 amide bonds. The highest BCUT2D eigenvalue weighted by molar-refractivity contribution is 6.31. The smallest absolute Gasteiger partial charge is 0.420 e. The van der Waals surface area contributed by atoms with E-state index in [2.05, 4.69) is 0 Å². The highest BCUT2D eigenvalue weighted by atomic mass is 35.5. The van der Waals surface area contributed by atoms with Crippen LogP contribution in [0.2, 0.25) is 5.02 Å². The SMILES string of the molecule is CC(C)(C)OC(=O)N(C(=O)OC(C)(C)C)C1CCc2c(Cl)ccc(C=O)c21. The average molecular weight is 396 g/mol. The van der Waals surface area contributed by atoms with Gasteiger partial charge in [0.15, 0.2) is 0 Å². The summed E-state index contributed by atoms with van der Waals surface area (Å²) in [6, 6.07) is 2.57. The number of nitrogens with zero attached hydrogens (tertiary/aromatic N) is 1. The molecule has 0 spiro atoms. The Balaban J connectivity index is 2.51. The third-order valence-corrected chi connectivity index (χ3v) is 4.31. The summed E-state index contributed by atoms with van der Waals surface area (Å²) in [6.45, 7) is 10.3. The first kappa shape index (κ1) is 21.2. The van der Waals surface area contributed by atoms with Gasteiger partial charge >= 0.3 is 12.2 Å². The van der Waals surface area contributed by atoms with Gasteiger partial charge in [0, 0.05) is 10.6 Å². The van der Waals surface area contributed by atoms with Crippen molar-refractivity contribution in [3.63, 3.8) is 0 Å². The van der Waals surface area contributed by atoms with E-state index in [1.165, 1.54) is 0 Å². The van der Waals surface area contributed by atoms with Gasteiger partial charge in [-0.05, 0) is 77.6 Å². The molecule has 1 unspecified atom stereocenters. The van der Waals surface area contributed by atoms with Crippen molar-refractivity contribution in [3.05, 3.63) is 33.8 Å². The van der Waals surface area contributed by atoms with Crippen molar-refractivity contribution in [1.29, 1.82) is 0 Å². The summed E-state index contributed by atoms with van der Waals surface area (Å²) in [5, 5.41) is 0.506. The number of carbonyl (C=O) groups is 3. The molecule has 7 heteroatoms. The standard InChI is InChI=1S/C20H26ClNO5/c1-19(2,3)26-17(24)22(18(25)27-20(4,5)6)15-10-8-13-14(21)9-7-12(11-23)16(13)15/h7,9,11,15H,8,10H2,1-6H3. The molecule has 1 aromatic carbocycles. The lowest BCUT2D eigenvalue weighted by Crippen LogP contribution is -2.45. The summed E-state index contributed by atoms with van der Waals surface area (Å²) in [7, 11) is 0. The van der Waals surface area contributed by atoms with Gasteiger partial charge in [0.25, 0.3) is 0 Å². The fourth-order valence-corrected chi connectivity index (χ4v) is 3.30. The van der Waals surface area contributed by atoms with E-state index < -0.39 is 29.4 Å². The molecule has 1 atom stereocenters. The number of carbonyl (C=O) groups excluding carboxylic acids is 3. The van der Waals surface area contributed by atoms with Gasteiger partial charge in [-0.25, -0.2) is 14.5 Å². The van der Waals surface area contributed by atoms with Crippen molar-refractivity contribution in [2.75, 3.05) is 0 Å². The maximum Gasteiger partial charge on any atom is 0.420 e. The van der Waals surface area contributed by atoms with Gasteiger partial charge in [0.2, 0.25) is 0 Å². The van der Waals surface area contributed by atoms with E-state index in [0.717, 1.165) is 10.5 Å². The molecule has 2 rings (SSSR count). The van der Waals surface area contributed by atoms with Crippen molar-refractivity contribution in [2.24, 2.45) is 0 Å². The minimum absolute atomic E-state index is 0.397. The molecule has 0 radical (unpaired) electrons. The lowest BCUT2D eigenvalue weighted by Gasteiger charge is -2.32. The van der Waals surface area contributed by atoms with Crippen LogP contribution in [0.5, 0.6) is 0 Å². The molecule has 27 heavy (non-hydrogen) atoms. The third kappa shape index (κ3) is 5.01. The van der Waals surface area contributed by atoms with Gasteiger partial charge < -0.3 is 9.47 Å². The predicted octanol–water partition coefficient (Wildman–Crippen LogP) is 5.31. The Hall–Kier alpha value is -2.08. The van der Waals surface area contributed by atoms with Crippen LogP contribution in [0.3, 0.4) is 0 Å². The number of rotatable bonds is 2. The molecule has 0 aromatic heterocycles. The van der Waals surface area contributed by atoms with E-state index in [0.29, 0.717) is 35.3 Å². The zero-order valence-electron chi connectivity index (χ0n) is 16.6. The molecule has 1 aromatic rings. The van der Waals surface area contributed by atoms with Gasteiger partial charge in [-0.1, -0.05) is 11.6 Å². The van der Waals surface area contributed by atoms with Crippen molar-refractivity contribution < 1.29 is 23.9 Å². The molecule has 1 aliphatic carbocycles. The van der Waals surface area contributed by atoms with Crippen LogP contribution in [-0.2, 0) is 15.9 Å². The zero-order chi connectivity index (χ0) is 20.6. The first-order chi connectivity index (χ1) is 12.3. The fourth-order valence-electron chi connectivity index (χ4n) is 3.04. The molecular formula is C20H26ClNO5. The zero-order valence-corrected chi connectivity index (χ0v) is 17.3. The van der Waals surface area contributed by atoms with Crippen molar-refractivity contribution in [3.8, 4) is 0 Å². The Morgan fingerprint density at radius 3 is 2.04 bits per heavy atom. The lowest BCUT2D eigenvalue weighted by atomic mass is 10.0. The van der Waals surface area contributed by atoms with Crippen LogP contribution in [0.15, 0.2) is 12.1 Å². The van der Waals surface area contributed by atoms with Gasteiger partial charge in [-0.15, -0.1) is 0 Å². The van der Waals surface area contributed by atoms with Crippen molar-refractivity contribution in [2.45, 2.75) is 71.6 Å². The Kier molecular flexibility index (Phi) is 5.90. The number of amides is 2. The Morgan fingerprint density at radius 1 is 1.07 bits per heavy atom. The Bertz CT molecular complexity index is 733. The maximum absolute atomic E-state index is 12.8. The summed E-state index contributed by atoms with van der Waals surface area (Å²) >= 11 is 6.27. The largest absolute Gasteiger partial charge is 0.443 e. The third-order valence-electron chi connectivity index (χ3n) is 3.95. The molecule has 6 nitrogen and oxygen atoms in total. The van der Waals surface area contributed by atoms with Crippen molar-refractivity contribution in [1.82, 2.24) is 4.90 Å². The van der Waals surface area contributed by atoms with Gasteiger partial charge in [-0.2, -0.15) is 0 Å². The first-order valence-corrected chi connectivity index (χ1v) is 9.23. The van der Waals surface area contributed by atoms with E-state index in [1.807, 2.05) is 0 Å². The summed E-state index contributed by atoms with van der Waals surface area (Å²) < 4.78 is 10.9. The molecule has 0 fully saturated rings. The number of aldehydes is 1. The number of halogens is 1. The number of fused-ring (bicyclic) bond motifs is 1. The summed E-state index contributed by atoms with van der Waals surface area (Å²) in [6.07, 6.45) is 0.0643. The van der Waals surface area contributed by atoms with Crippen molar-refractivity contribution >= 4 is 30.1 Å². The molecule has 0 N–H and O–H groups in total. The van der Waals surface area contributed by atoms with E-state index >= 15 is 0 Å². The van der Waals surface area contributed by atoms with Crippen LogP contribution in [0.1, 0.15) is 75.5 Å². The van der Waals surface area contributed by atoms with Crippen LogP contribution in [-0.4, -0.2) is 34.6 Å². The monoisotopic (exact) mass is 395 g/mol. The number of imide groups is 1. The summed E-state index contributed by atoms with van der Waals surface area (Å²) in [5.74, 6) is 0. The number of hydrogen-bond donors (Lipinski definition) is 0. The molecule has 1 aliphatic rings. The van der Waals surface area contributed by atoms with E-state index in [9.17, 15) is 14.4 Å². The van der Waals surface area contributed by atoms with E-state index in [-0.39, 0.29) is 0 Å². The molecule has 0 heterocycles. The highest BCUT2D eigenvalue weighted by Gasteiger charge is 2.41. The van der Waals surface area contributed by atoms with Crippen LogP contribution in [0, 0.1) is 0 Å². The molecule has 0 saturated carbocycles. The Morgan fingerprint density at radius 2 is 1.59 bits per heavy atom. The predicted molar refractivity (Wildman–Crippen MR) is 102 cm³/mol. The number of hydrogen-bond acceptors (Lipinski definition) is 5. The van der Waals surface area contributed by atoms with E-state index in [1.54, 1.807) is 53.7 Å². The fraction of sp³-hybridized carbons (Fsp3) is 0.550. The molecule has 0 aliphatic heterocycles. The lowest BCUT2D eigenvalue weighted by molar-refractivity contribution is -0.00760. The number of benzene rings is 1. The Labute approximate surface area is 164 Å². The minimum atomic E-state index is -0.813. The van der Waals surface area contributed by atoms with Crippen LogP contribution >= 0.6 is 11.6 Å². The number of ether oxygens (including phenoxy) is 2. The summed E-state index contributed by atoms with van der Waals surface area (Å²) in [4.78, 5) is 38.2. The highest BCUT2D eigenvalue weighted by Crippen LogP contribution is 2.42. The van der Waals surface area contributed by atoms with Crippen LogP contribution in [0.4, 0.5) is 9.59 Å². The minimum Gasteiger partial charge on any atom is -0.443 e. The van der Waals surface area contributed by atoms with Gasteiger partial charge in [-0.3, -0.25) is 4.79 Å². The van der Waals surface area contributed by atoms with Gasteiger partial charge in [0.1, 0.15) is 17.5 Å². The molecule has 148 valence electrons. The normalized spacial score (nSPS) is 16.5. The van der Waals surface area contributed by atoms with E-state index in [4.69, 9.17) is 21.1 Å². The molecule has 0 bridgehead atoms.